The minimum atomic E-state index is -0.217. The Morgan fingerprint density at radius 3 is 2.20 bits per heavy atom. The number of amides is 2. The summed E-state index contributed by atoms with van der Waals surface area (Å²) in [5, 5.41) is 12.4. The van der Waals surface area contributed by atoms with Crippen LogP contribution in [-0.4, -0.2) is 58.0 Å². The number of aromatic amines is 1. The molecule has 8 heteroatoms. The molecular weight excluding hydrogens is 502 g/mol. The number of nitrogens with zero attached hydrogens (tertiary/aromatic N) is 3. The molecule has 2 unspecified atom stereocenters. The first kappa shape index (κ1) is 25.8. The average molecular weight is 536 g/mol. The summed E-state index contributed by atoms with van der Waals surface area (Å²) >= 11 is 0. The predicted octanol–water partition coefficient (Wildman–Crippen LogP) is 4.47. The van der Waals surface area contributed by atoms with Crippen LogP contribution in [0.4, 0.5) is 5.69 Å². The molecule has 4 aromatic rings. The Hall–Kier alpha value is -4.46. The van der Waals surface area contributed by atoms with Crippen LogP contribution in [0.5, 0.6) is 0 Å². The first-order chi connectivity index (χ1) is 19.3. The molecule has 0 spiro atoms. The monoisotopic (exact) mass is 535 g/mol. The second-order valence-corrected chi connectivity index (χ2v) is 11.1. The molecule has 0 bridgehead atoms. The zero-order valence-electron chi connectivity index (χ0n) is 23.0. The van der Waals surface area contributed by atoms with E-state index in [1.54, 1.807) is 0 Å². The van der Waals surface area contributed by atoms with Crippen LogP contribution < -0.4 is 10.9 Å². The maximum absolute atomic E-state index is 13.3. The van der Waals surface area contributed by atoms with Gasteiger partial charge in [-0.1, -0.05) is 61.9 Å². The summed E-state index contributed by atoms with van der Waals surface area (Å²) in [6.07, 6.45) is 0. The number of carbonyl (C=O) groups is 2. The Morgan fingerprint density at radius 1 is 0.875 bits per heavy atom. The Bertz CT molecular complexity index is 1630. The molecular formula is C32H33N5O3. The third-order valence-corrected chi connectivity index (χ3v) is 8.11. The van der Waals surface area contributed by atoms with Crippen molar-refractivity contribution in [1.82, 2.24) is 20.0 Å². The van der Waals surface area contributed by atoms with Crippen LogP contribution in [0.25, 0.3) is 10.8 Å². The molecule has 204 valence electrons. The molecule has 2 aliphatic heterocycles. The number of benzene rings is 3. The summed E-state index contributed by atoms with van der Waals surface area (Å²) in [5.74, 6) is -0.133. The highest BCUT2D eigenvalue weighted by Gasteiger charge is 2.35. The molecule has 3 aromatic carbocycles. The lowest BCUT2D eigenvalue weighted by Gasteiger charge is -2.36. The normalized spacial score (nSPS) is 18.6. The third-order valence-electron chi connectivity index (χ3n) is 8.11. The van der Waals surface area contributed by atoms with Crippen LogP contribution in [0, 0.1) is 12.8 Å². The summed E-state index contributed by atoms with van der Waals surface area (Å²) in [6, 6.07) is 21.7. The van der Waals surface area contributed by atoms with Crippen molar-refractivity contribution in [1.29, 1.82) is 0 Å². The lowest BCUT2D eigenvalue weighted by Crippen LogP contribution is -2.51. The summed E-state index contributed by atoms with van der Waals surface area (Å²) in [5.41, 5.74) is 5.37. The van der Waals surface area contributed by atoms with Gasteiger partial charge in [-0.05, 0) is 42.3 Å². The van der Waals surface area contributed by atoms with Crippen molar-refractivity contribution >= 4 is 28.3 Å². The zero-order chi connectivity index (χ0) is 28.0. The number of nitrogens with one attached hydrogen (secondary N) is 2. The van der Waals surface area contributed by atoms with E-state index in [4.69, 9.17) is 0 Å². The molecule has 2 N–H and O–H groups in total. The molecule has 2 aliphatic rings. The van der Waals surface area contributed by atoms with E-state index in [0.29, 0.717) is 37.1 Å². The molecule has 1 saturated heterocycles. The molecule has 1 fully saturated rings. The zero-order valence-corrected chi connectivity index (χ0v) is 23.0. The van der Waals surface area contributed by atoms with E-state index in [1.807, 2.05) is 66.1 Å². The Balaban J connectivity index is 1.32. The van der Waals surface area contributed by atoms with Gasteiger partial charge in [0.05, 0.1) is 23.0 Å². The average Bonchev–Trinajstić information content (AvgIpc) is 2.98. The Kier molecular flexibility index (Phi) is 6.62. The number of aromatic nitrogens is 2. The van der Waals surface area contributed by atoms with E-state index in [0.717, 1.165) is 27.9 Å². The van der Waals surface area contributed by atoms with Crippen molar-refractivity contribution in [2.45, 2.75) is 32.7 Å². The number of carbonyl (C=O) groups excluding carboxylic acids is 2. The smallest absolute Gasteiger partial charge is 0.272 e. The number of hydrogen-bond acceptors (Lipinski definition) is 5. The largest absolute Gasteiger partial charge is 0.377 e. The van der Waals surface area contributed by atoms with Gasteiger partial charge in [0, 0.05) is 48.7 Å². The highest BCUT2D eigenvalue weighted by atomic mass is 16.2. The van der Waals surface area contributed by atoms with E-state index in [1.165, 1.54) is 5.56 Å². The Morgan fingerprint density at radius 2 is 1.52 bits per heavy atom. The maximum atomic E-state index is 13.3. The van der Waals surface area contributed by atoms with Gasteiger partial charge in [0.25, 0.3) is 11.5 Å². The SMILES string of the molecule is Cc1ccc(C2Nc3cccc4c(=O)[nH]nc(c34)C2c2ccc(C(=O)N3CCN(C(=O)C(C)C)CC3)cc2)cc1. The second kappa shape index (κ2) is 10.3. The highest BCUT2D eigenvalue weighted by molar-refractivity contribution is 5.97. The molecule has 0 radical (unpaired) electrons. The van der Waals surface area contributed by atoms with E-state index in [9.17, 15) is 14.4 Å². The minimum absolute atomic E-state index is 0.0325. The standard InChI is InChI=1S/C32H33N5O3/c1-19(2)31(39)36-15-17-37(18-16-36)32(40)23-13-11-21(12-14-23)26-28(22-9-7-20(3)8-10-22)33-25-6-4-5-24-27(25)29(26)34-35-30(24)38/h4-14,19,26,28,33H,15-18H2,1-3H3,(H,35,38). The quantitative estimate of drug-likeness (QED) is 0.402. The first-order valence-electron chi connectivity index (χ1n) is 13.8. The molecule has 6 rings (SSSR count). The van der Waals surface area contributed by atoms with Crippen molar-refractivity contribution in [3.8, 4) is 0 Å². The van der Waals surface area contributed by atoms with E-state index in [2.05, 4.69) is 46.7 Å². The van der Waals surface area contributed by atoms with Crippen LogP contribution >= 0.6 is 0 Å². The Labute approximate surface area is 233 Å². The molecule has 40 heavy (non-hydrogen) atoms. The lowest BCUT2D eigenvalue weighted by molar-refractivity contribution is -0.135. The van der Waals surface area contributed by atoms with Gasteiger partial charge in [0.1, 0.15) is 0 Å². The molecule has 0 saturated carbocycles. The number of hydrogen-bond donors (Lipinski definition) is 2. The minimum Gasteiger partial charge on any atom is -0.377 e. The second-order valence-electron chi connectivity index (χ2n) is 11.1. The molecule has 8 nitrogen and oxygen atoms in total. The van der Waals surface area contributed by atoms with Crippen molar-refractivity contribution in [3.63, 3.8) is 0 Å². The molecule has 3 heterocycles. The molecule has 2 amide bonds. The van der Waals surface area contributed by atoms with E-state index in [-0.39, 0.29) is 35.3 Å². The van der Waals surface area contributed by atoms with Crippen LogP contribution in [0.15, 0.2) is 71.5 Å². The van der Waals surface area contributed by atoms with Gasteiger partial charge in [-0.3, -0.25) is 14.4 Å². The first-order valence-corrected chi connectivity index (χ1v) is 13.8. The van der Waals surface area contributed by atoms with Crippen molar-refractivity contribution in [2.75, 3.05) is 31.5 Å². The van der Waals surface area contributed by atoms with E-state index < -0.39 is 0 Å². The highest BCUT2D eigenvalue weighted by Crippen LogP contribution is 2.46. The van der Waals surface area contributed by atoms with Gasteiger partial charge in [-0.15, -0.1) is 0 Å². The fraction of sp³-hybridized carbons (Fsp3) is 0.312. The van der Waals surface area contributed by atoms with E-state index >= 15 is 0 Å². The van der Waals surface area contributed by atoms with Gasteiger partial charge < -0.3 is 15.1 Å². The van der Waals surface area contributed by atoms with Gasteiger partial charge in [-0.25, -0.2) is 5.10 Å². The van der Waals surface area contributed by atoms with Crippen LogP contribution in [0.2, 0.25) is 0 Å². The van der Waals surface area contributed by atoms with Crippen LogP contribution in [0.1, 0.15) is 58.5 Å². The summed E-state index contributed by atoms with van der Waals surface area (Å²) < 4.78 is 0. The fourth-order valence-electron chi connectivity index (χ4n) is 5.91. The fourth-order valence-corrected chi connectivity index (χ4v) is 5.91. The number of H-pyrrole nitrogens is 1. The summed E-state index contributed by atoms with van der Waals surface area (Å²) in [4.78, 5) is 41.9. The third kappa shape index (κ3) is 4.53. The molecule has 2 atom stereocenters. The number of aryl methyl sites for hydroxylation is 1. The summed E-state index contributed by atoms with van der Waals surface area (Å²) in [7, 11) is 0. The number of anilines is 1. The van der Waals surface area contributed by atoms with Gasteiger partial charge in [0.15, 0.2) is 0 Å². The lowest BCUT2D eigenvalue weighted by atomic mass is 9.79. The topological polar surface area (TPSA) is 98.4 Å². The van der Waals surface area contributed by atoms with Gasteiger partial charge in [-0.2, -0.15) is 5.10 Å². The molecule has 1 aromatic heterocycles. The predicted molar refractivity (Wildman–Crippen MR) is 156 cm³/mol. The van der Waals surface area contributed by atoms with Crippen molar-refractivity contribution < 1.29 is 9.59 Å². The van der Waals surface area contributed by atoms with Crippen LogP contribution in [-0.2, 0) is 4.79 Å². The van der Waals surface area contributed by atoms with Crippen LogP contribution in [0.3, 0.4) is 0 Å². The van der Waals surface area contributed by atoms with Crippen molar-refractivity contribution in [3.05, 3.63) is 105 Å². The van der Waals surface area contributed by atoms with Crippen molar-refractivity contribution in [2.24, 2.45) is 5.92 Å². The van der Waals surface area contributed by atoms with Gasteiger partial charge >= 0.3 is 0 Å². The summed E-state index contributed by atoms with van der Waals surface area (Å²) in [6.45, 7) is 8.03. The van der Waals surface area contributed by atoms with Gasteiger partial charge in [0.2, 0.25) is 5.91 Å². The number of rotatable bonds is 4. The maximum Gasteiger partial charge on any atom is 0.272 e. The number of piperazine rings is 1. The molecule has 0 aliphatic carbocycles.